The Kier molecular flexibility index (Phi) is 15.7. The van der Waals surface area contributed by atoms with E-state index in [0.717, 1.165) is 12.8 Å². The number of allylic oxidation sites excluding steroid dienone is 2. The third-order valence-electron chi connectivity index (χ3n) is 4.98. The van der Waals surface area contributed by atoms with Gasteiger partial charge in [-0.2, -0.15) is 0 Å². The van der Waals surface area contributed by atoms with Crippen molar-refractivity contribution >= 4 is 10.0 Å². The second-order valence-corrected chi connectivity index (χ2v) is 14.2. The third-order valence-corrected chi connectivity index (χ3v) is 8.07. The van der Waals surface area contributed by atoms with Crippen LogP contribution >= 0.6 is 10.0 Å². The number of aryl methyl sites for hydroxylation is 3. The van der Waals surface area contributed by atoms with E-state index in [0.29, 0.717) is 0 Å². The zero-order valence-electron chi connectivity index (χ0n) is 23.2. The van der Waals surface area contributed by atoms with E-state index in [1.807, 2.05) is 6.08 Å². The predicted molar refractivity (Wildman–Crippen MR) is 156 cm³/mol. The maximum absolute atomic E-state index is 3.20. The summed E-state index contributed by atoms with van der Waals surface area (Å²) in [6.45, 7) is 17.3. The van der Waals surface area contributed by atoms with Crippen molar-refractivity contribution in [3.8, 4) is 11.8 Å². The first-order chi connectivity index (χ1) is 15.5. The average molecular weight is 467 g/mol. The molecule has 0 saturated heterocycles. The van der Waals surface area contributed by atoms with Crippen LogP contribution in [0.5, 0.6) is 0 Å². The molecule has 184 valence electrons. The highest BCUT2D eigenvalue weighted by Crippen LogP contribution is 2.49. The van der Waals surface area contributed by atoms with Crippen molar-refractivity contribution in [2.45, 2.75) is 86.0 Å². The first-order valence-corrected chi connectivity index (χ1v) is 15.1. The minimum Gasteiger partial charge on any atom is -0.220 e. The van der Waals surface area contributed by atoms with Crippen molar-refractivity contribution in [2.24, 2.45) is 5.41 Å². The van der Waals surface area contributed by atoms with Crippen LogP contribution in [0.15, 0.2) is 65.6 Å². The quantitative estimate of drug-likeness (QED) is 0.293. The van der Waals surface area contributed by atoms with Gasteiger partial charge in [0.2, 0.25) is 0 Å². The van der Waals surface area contributed by atoms with E-state index in [4.69, 9.17) is 0 Å². The van der Waals surface area contributed by atoms with Crippen LogP contribution in [0.4, 0.5) is 0 Å². The van der Waals surface area contributed by atoms with Crippen LogP contribution in [0.25, 0.3) is 0 Å². The van der Waals surface area contributed by atoms with Crippen LogP contribution in [0.1, 0.15) is 77.5 Å². The summed E-state index contributed by atoms with van der Waals surface area (Å²) in [5.41, 5.74) is 4.33. The molecule has 2 aromatic carbocycles. The van der Waals surface area contributed by atoms with Crippen molar-refractivity contribution in [3.63, 3.8) is 0 Å². The summed E-state index contributed by atoms with van der Waals surface area (Å²) in [4.78, 5) is 1.56. The van der Waals surface area contributed by atoms with E-state index in [9.17, 15) is 0 Å². The second kappa shape index (κ2) is 16.7. The van der Waals surface area contributed by atoms with Gasteiger partial charge in [0.15, 0.2) is 0 Å². The van der Waals surface area contributed by atoms with Gasteiger partial charge in [-0.25, -0.2) is 10.0 Å². The number of unbranched alkanes of at least 4 members (excludes halogenated alkanes) is 1. The van der Waals surface area contributed by atoms with Crippen LogP contribution in [0.3, 0.4) is 0 Å². The lowest BCUT2D eigenvalue weighted by Crippen LogP contribution is -2.00. The van der Waals surface area contributed by atoms with Crippen LogP contribution in [-0.2, 0) is 6.42 Å². The fourth-order valence-electron chi connectivity index (χ4n) is 3.02. The molecular weight excluding hydrogens is 416 g/mol. The first-order valence-electron chi connectivity index (χ1n) is 12.5. The van der Waals surface area contributed by atoms with Gasteiger partial charge in [-0.15, -0.1) is 0 Å². The van der Waals surface area contributed by atoms with Gasteiger partial charge in [-0.05, 0) is 100 Å². The lowest BCUT2D eigenvalue weighted by atomic mass is 9.98. The van der Waals surface area contributed by atoms with E-state index in [-0.39, 0.29) is 5.41 Å². The molecule has 0 aliphatic rings. The molecule has 0 aromatic heterocycles. The fourth-order valence-corrected chi connectivity index (χ4v) is 4.72. The number of hydrogen-bond acceptors (Lipinski definition) is 0. The standard InChI is InChI=1S/C18H24.C11H18S.C3H8/c1-16-11-10-13-17(15-16)12-8-6-5-7-9-14-18(2,3)4;1-5-12(3,4)11-9-7-6-8-10(11)2;1-3-2/h5,7,10-11,13,15H,6,8,12H2,1-4H3;6-9H,5H2,1-4H3;3H2,1-2H3/b7-5+;;. The largest absolute Gasteiger partial charge is 0.220 e. The molecule has 33 heavy (non-hydrogen) atoms. The Morgan fingerprint density at radius 3 is 2.09 bits per heavy atom. The van der Waals surface area contributed by atoms with Gasteiger partial charge < -0.3 is 0 Å². The maximum atomic E-state index is 3.20. The third kappa shape index (κ3) is 15.5. The maximum Gasteiger partial charge on any atom is 0.0233 e. The molecule has 0 amide bonds. The molecule has 0 atom stereocenters. The highest BCUT2D eigenvalue weighted by atomic mass is 32.3. The summed E-state index contributed by atoms with van der Waals surface area (Å²) in [5, 5.41) is 0. The van der Waals surface area contributed by atoms with E-state index in [1.54, 1.807) is 4.90 Å². The summed E-state index contributed by atoms with van der Waals surface area (Å²) < 4.78 is 0. The molecule has 1 heteroatoms. The van der Waals surface area contributed by atoms with Gasteiger partial charge in [0.1, 0.15) is 0 Å². The van der Waals surface area contributed by atoms with Crippen LogP contribution in [0.2, 0.25) is 0 Å². The van der Waals surface area contributed by atoms with Gasteiger partial charge in [-0.3, -0.25) is 0 Å². The van der Waals surface area contributed by atoms with Gasteiger partial charge >= 0.3 is 0 Å². The molecule has 0 bridgehead atoms. The monoisotopic (exact) mass is 466 g/mol. The molecular formula is C32H50S. The number of hydrogen-bond donors (Lipinski definition) is 0. The second-order valence-electron chi connectivity index (χ2n) is 10.1. The number of benzene rings is 2. The lowest BCUT2D eigenvalue weighted by Gasteiger charge is -2.31. The molecule has 0 aliphatic heterocycles. The molecule has 2 rings (SSSR count). The zero-order chi connectivity index (χ0) is 25.3. The molecule has 0 saturated carbocycles. The van der Waals surface area contributed by atoms with E-state index in [1.165, 1.54) is 35.3 Å². The van der Waals surface area contributed by atoms with Crippen LogP contribution < -0.4 is 0 Å². The van der Waals surface area contributed by atoms with Crippen molar-refractivity contribution in [2.75, 3.05) is 18.3 Å². The van der Waals surface area contributed by atoms with Gasteiger partial charge in [0, 0.05) is 5.41 Å². The Morgan fingerprint density at radius 2 is 1.55 bits per heavy atom. The Labute approximate surface area is 208 Å². The van der Waals surface area contributed by atoms with Crippen molar-refractivity contribution in [1.29, 1.82) is 0 Å². The minimum absolute atomic E-state index is 0.103. The zero-order valence-corrected chi connectivity index (χ0v) is 24.0. The van der Waals surface area contributed by atoms with Crippen LogP contribution in [0, 0.1) is 31.1 Å². The SMILES string of the molecule is CCC.CCS(C)(C)c1ccccc1C.Cc1cccc(CCC/C=C/C#CC(C)(C)C)c1. The smallest absolute Gasteiger partial charge is 0.0233 e. The molecule has 0 spiro atoms. The van der Waals surface area contributed by atoms with E-state index in [2.05, 4.69) is 134 Å². The highest BCUT2D eigenvalue weighted by Gasteiger charge is 2.13. The molecule has 0 nitrogen and oxygen atoms in total. The van der Waals surface area contributed by atoms with Crippen molar-refractivity contribution in [3.05, 3.63) is 77.4 Å². The Morgan fingerprint density at radius 1 is 0.909 bits per heavy atom. The fraction of sp³-hybridized carbons (Fsp3) is 0.500. The van der Waals surface area contributed by atoms with Crippen molar-refractivity contribution in [1.82, 2.24) is 0 Å². The van der Waals surface area contributed by atoms with Crippen LogP contribution in [-0.4, -0.2) is 18.3 Å². The summed E-state index contributed by atoms with van der Waals surface area (Å²) >= 11 is 0. The summed E-state index contributed by atoms with van der Waals surface area (Å²) in [6.07, 6.45) is 13.6. The molecule has 0 aliphatic carbocycles. The van der Waals surface area contributed by atoms with E-state index < -0.39 is 10.0 Å². The molecule has 0 heterocycles. The Balaban J connectivity index is 0.000000588. The number of rotatable bonds is 6. The van der Waals surface area contributed by atoms with Gasteiger partial charge in [0.05, 0.1) is 0 Å². The molecule has 2 aromatic rings. The molecule has 0 N–H and O–H groups in total. The van der Waals surface area contributed by atoms with Gasteiger partial charge in [0.25, 0.3) is 0 Å². The Bertz CT molecular complexity index is 869. The summed E-state index contributed by atoms with van der Waals surface area (Å²) in [6, 6.07) is 17.5. The molecule has 0 fully saturated rings. The topological polar surface area (TPSA) is 0 Å². The molecule has 0 radical (unpaired) electrons. The Hall–Kier alpha value is -1.91. The lowest BCUT2D eigenvalue weighted by molar-refractivity contribution is 0.571. The molecule has 0 unspecified atom stereocenters. The average Bonchev–Trinajstić information content (AvgIpc) is 2.73. The van der Waals surface area contributed by atoms with Gasteiger partial charge in [-0.1, -0.05) is 93.1 Å². The summed E-state index contributed by atoms with van der Waals surface area (Å²) in [7, 11) is -0.529. The van der Waals surface area contributed by atoms with Crippen molar-refractivity contribution < 1.29 is 0 Å². The predicted octanol–water partition coefficient (Wildman–Crippen LogP) is 9.78. The first kappa shape index (κ1) is 31.1. The highest BCUT2D eigenvalue weighted by molar-refractivity contribution is 8.32. The normalized spacial score (nSPS) is 11.5. The summed E-state index contributed by atoms with van der Waals surface area (Å²) in [5.74, 6) is 7.58. The minimum atomic E-state index is -0.529. The van der Waals surface area contributed by atoms with E-state index >= 15 is 0 Å².